The predicted octanol–water partition coefficient (Wildman–Crippen LogP) is 3.15. The minimum atomic E-state index is -4.44. The minimum absolute atomic E-state index is 0.352. The van der Waals surface area contributed by atoms with Gasteiger partial charge in [0.15, 0.2) is 11.9 Å². The average Bonchev–Trinajstić information content (AvgIpc) is 2.25. The van der Waals surface area contributed by atoms with E-state index in [2.05, 4.69) is 4.74 Å². The van der Waals surface area contributed by atoms with Gasteiger partial charge in [-0.3, -0.25) is 4.79 Å². The number of Topliss-reactive ketones (excluding diaryl/α,β-unsaturated/α-hetero) is 1. The highest BCUT2D eigenvalue weighted by Crippen LogP contribution is 2.22. The van der Waals surface area contributed by atoms with E-state index in [0.29, 0.717) is 5.56 Å². The first-order valence-electron chi connectivity index (χ1n) is 5.09. The van der Waals surface area contributed by atoms with E-state index in [9.17, 15) is 18.0 Å². The van der Waals surface area contributed by atoms with Crippen molar-refractivity contribution in [2.75, 3.05) is 6.61 Å². The Morgan fingerprint density at radius 3 is 2.29 bits per heavy atom. The molecule has 94 valence electrons. The molecule has 0 bridgehead atoms. The second-order valence-corrected chi connectivity index (χ2v) is 3.78. The molecular formula is C12H13F3O2. The quantitative estimate of drug-likeness (QED) is 0.763. The molecule has 17 heavy (non-hydrogen) atoms. The van der Waals surface area contributed by atoms with Gasteiger partial charge in [-0.15, -0.1) is 0 Å². The van der Waals surface area contributed by atoms with Crippen LogP contribution in [0.4, 0.5) is 13.2 Å². The molecule has 0 radical (unpaired) electrons. The summed E-state index contributed by atoms with van der Waals surface area (Å²) in [6, 6.07) is 6.58. The van der Waals surface area contributed by atoms with E-state index in [1.807, 2.05) is 6.92 Å². The van der Waals surface area contributed by atoms with Crippen molar-refractivity contribution in [2.24, 2.45) is 0 Å². The predicted molar refractivity (Wildman–Crippen MR) is 57.0 cm³/mol. The van der Waals surface area contributed by atoms with Crippen LogP contribution >= 0.6 is 0 Å². The van der Waals surface area contributed by atoms with Crippen LogP contribution in [0, 0.1) is 6.92 Å². The Kier molecular flexibility index (Phi) is 4.28. The number of carbonyl (C=O) groups is 1. The molecule has 1 aromatic rings. The first-order chi connectivity index (χ1) is 7.80. The second kappa shape index (κ2) is 5.31. The fraction of sp³-hybridized carbons (Fsp3) is 0.417. The number of hydrogen-bond acceptors (Lipinski definition) is 2. The normalized spacial score (nSPS) is 13.5. The van der Waals surface area contributed by atoms with Gasteiger partial charge < -0.3 is 4.74 Å². The van der Waals surface area contributed by atoms with E-state index in [1.54, 1.807) is 24.3 Å². The summed E-state index contributed by atoms with van der Waals surface area (Å²) in [5.74, 6) is -0.457. The van der Waals surface area contributed by atoms with Gasteiger partial charge in [0.25, 0.3) is 0 Å². The Bertz CT molecular complexity index is 382. The molecule has 0 aliphatic carbocycles. The molecule has 0 N–H and O–H groups in total. The third-order valence-corrected chi connectivity index (χ3v) is 2.30. The average molecular weight is 246 g/mol. The molecule has 0 spiro atoms. The molecule has 0 saturated carbocycles. The number of ether oxygens (including phenoxy) is 1. The van der Waals surface area contributed by atoms with E-state index in [-0.39, 0.29) is 0 Å². The maximum absolute atomic E-state index is 12.1. The topological polar surface area (TPSA) is 26.3 Å². The zero-order chi connectivity index (χ0) is 13.1. The Morgan fingerprint density at radius 1 is 1.29 bits per heavy atom. The summed E-state index contributed by atoms with van der Waals surface area (Å²) < 4.78 is 40.8. The van der Waals surface area contributed by atoms with Gasteiger partial charge in [0.2, 0.25) is 0 Å². The van der Waals surface area contributed by atoms with E-state index in [1.165, 1.54) is 0 Å². The zero-order valence-electron chi connectivity index (χ0n) is 9.54. The third kappa shape index (κ3) is 4.19. The molecular weight excluding hydrogens is 233 g/mol. The number of benzene rings is 1. The van der Waals surface area contributed by atoms with Crippen LogP contribution in [0.15, 0.2) is 24.3 Å². The lowest BCUT2D eigenvalue weighted by Gasteiger charge is -2.15. The van der Waals surface area contributed by atoms with E-state index in [0.717, 1.165) is 12.5 Å². The zero-order valence-corrected chi connectivity index (χ0v) is 9.54. The number of rotatable bonds is 4. The maximum atomic E-state index is 12.1. The van der Waals surface area contributed by atoms with Crippen LogP contribution in [0.5, 0.6) is 0 Å². The summed E-state index contributed by atoms with van der Waals surface area (Å²) in [5, 5.41) is 0. The summed E-state index contributed by atoms with van der Waals surface area (Å²) in [4.78, 5) is 11.5. The molecule has 1 unspecified atom stereocenters. The molecule has 0 aliphatic rings. The molecule has 0 heterocycles. The lowest BCUT2D eigenvalue weighted by molar-refractivity contribution is -0.210. The fourth-order valence-electron chi connectivity index (χ4n) is 1.12. The van der Waals surface area contributed by atoms with Gasteiger partial charge in [0.05, 0.1) is 0 Å². The molecule has 1 atom stereocenters. The number of hydrogen-bond donors (Lipinski definition) is 0. The van der Waals surface area contributed by atoms with E-state index >= 15 is 0 Å². The molecule has 1 aromatic carbocycles. The summed E-state index contributed by atoms with van der Waals surface area (Å²) in [7, 11) is 0. The Balaban J connectivity index is 2.53. The first-order valence-corrected chi connectivity index (χ1v) is 5.09. The molecule has 0 aliphatic heterocycles. The number of carbonyl (C=O) groups excluding carboxylic acids is 1. The third-order valence-electron chi connectivity index (χ3n) is 2.30. The van der Waals surface area contributed by atoms with E-state index < -0.39 is 24.7 Å². The number of aryl methyl sites for hydroxylation is 1. The van der Waals surface area contributed by atoms with Crippen LogP contribution in [0.1, 0.15) is 22.8 Å². The van der Waals surface area contributed by atoms with E-state index in [4.69, 9.17) is 0 Å². The molecule has 0 amide bonds. The summed E-state index contributed by atoms with van der Waals surface area (Å²) in [5.41, 5.74) is 1.33. The Hall–Kier alpha value is -1.36. The molecule has 1 rings (SSSR count). The Morgan fingerprint density at radius 2 is 1.82 bits per heavy atom. The van der Waals surface area contributed by atoms with Crippen LogP contribution < -0.4 is 0 Å². The van der Waals surface area contributed by atoms with Crippen LogP contribution in [-0.4, -0.2) is 24.7 Å². The molecule has 2 nitrogen and oxygen atoms in total. The van der Waals surface area contributed by atoms with Crippen molar-refractivity contribution in [1.82, 2.24) is 0 Å². The molecule has 0 aromatic heterocycles. The van der Waals surface area contributed by atoms with Crippen molar-refractivity contribution in [2.45, 2.75) is 26.1 Å². The molecule has 0 fully saturated rings. The van der Waals surface area contributed by atoms with Gasteiger partial charge in [0, 0.05) is 5.56 Å². The fourth-order valence-corrected chi connectivity index (χ4v) is 1.12. The number of ketones is 1. The highest BCUT2D eigenvalue weighted by atomic mass is 19.4. The smallest absolute Gasteiger partial charge is 0.361 e. The standard InChI is InChI=1S/C12H13F3O2/c1-8-3-5-10(6-4-8)11(16)7-17-9(2)12(13,14)15/h3-6,9H,7H2,1-2H3. The van der Waals surface area contributed by atoms with Crippen LogP contribution in [0.3, 0.4) is 0 Å². The summed E-state index contributed by atoms with van der Waals surface area (Å²) >= 11 is 0. The van der Waals surface area contributed by atoms with Gasteiger partial charge >= 0.3 is 6.18 Å². The highest BCUT2D eigenvalue weighted by molar-refractivity contribution is 5.97. The van der Waals surface area contributed by atoms with Crippen LogP contribution in [-0.2, 0) is 4.74 Å². The van der Waals surface area contributed by atoms with Crippen molar-refractivity contribution in [3.63, 3.8) is 0 Å². The van der Waals surface area contributed by atoms with Gasteiger partial charge in [-0.2, -0.15) is 13.2 Å². The SMILES string of the molecule is Cc1ccc(C(=O)COC(C)C(F)(F)F)cc1. The summed E-state index contributed by atoms with van der Waals surface area (Å²) in [6.45, 7) is 2.17. The molecule has 5 heteroatoms. The van der Waals surface area contributed by atoms with Crippen molar-refractivity contribution in [3.8, 4) is 0 Å². The van der Waals surface area contributed by atoms with Crippen molar-refractivity contribution >= 4 is 5.78 Å². The van der Waals surface area contributed by atoms with Crippen molar-refractivity contribution in [3.05, 3.63) is 35.4 Å². The largest absolute Gasteiger partial charge is 0.414 e. The summed E-state index contributed by atoms with van der Waals surface area (Å²) in [6.07, 6.45) is -6.37. The van der Waals surface area contributed by atoms with Crippen molar-refractivity contribution in [1.29, 1.82) is 0 Å². The van der Waals surface area contributed by atoms with Gasteiger partial charge in [-0.25, -0.2) is 0 Å². The lowest BCUT2D eigenvalue weighted by Crippen LogP contribution is -2.30. The van der Waals surface area contributed by atoms with Crippen LogP contribution in [0.25, 0.3) is 0 Å². The highest BCUT2D eigenvalue weighted by Gasteiger charge is 2.37. The second-order valence-electron chi connectivity index (χ2n) is 3.78. The number of halogens is 3. The monoisotopic (exact) mass is 246 g/mol. The molecule has 0 saturated heterocycles. The number of alkyl halides is 3. The lowest BCUT2D eigenvalue weighted by atomic mass is 10.1. The van der Waals surface area contributed by atoms with Crippen molar-refractivity contribution < 1.29 is 22.7 Å². The Labute approximate surface area is 97.4 Å². The maximum Gasteiger partial charge on any atom is 0.414 e. The van der Waals surface area contributed by atoms with Gasteiger partial charge in [0.1, 0.15) is 6.61 Å². The van der Waals surface area contributed by atoms with Gasteiger partial charge in [-0.1, -0.05) is 29.8 Å². The first kappa shape index (κ1) is 13.7. The minimum Gasteiger partial charge on any atom is -0.361 e. The van der Waals surface area contributed by atoms with Gasteiger partial charge in [-0.05, 0) is 13.8 Å². The van der Waals surface area contributed by atoms with Crippen LogP contribution in [0.2, 0.25) is 0 Å².